The minimum absolute atomic E-state index is 0.543. The van der Waals surface area contributed by atoms with Crippen LogP contribution in [0.2, 0.25) is 14.8 Å². The molecule has 2 heteroatoms. The van der Waals surface area contributed by atoms with Crippen molar-refractivity contribution in [2.75, 3.05) is 0 Å². The van der Waals surface area contributed by atoms with E-state index in [-0.39, 0.29) is 0 Å². The first-order chi connectivity index (χ1) is 5.95. The molecule has 0 aliphatic carbocycles. The van der Waals surface area contributed by atoms with Gasteiger partial charge in [0.2, 0.25) is 0 Å². The van der Waals surface area contributed by atoms with Gasteiger partial charge in [-0.05, 0) is 25.0 Å². The van der Waals surface area contributed by atoms with Gasteiger partial charge in [-0.2, -0.15) is 0 Å². The van der Waals surface area contributed by atoms with Gasteiger partial charge in [-0.3, -0.25) is 0 Å². The quantitative estimate of drug-likeness (QED) is 0.645. The van der Waals surface area contributed by atoms with Crippen molar-refractivity contribution in [2.24, 2.45) is 0 Å². The summed E-state index contributed by atoms with van der Waals surface area (Å²) in [6, 6.07) is 6.21. The first kappa shape index (κ1) is 13.2. The van der Waals surface area contributed by atoms with Crippen molar-refractivity contribution in [2.45, 2.75) is 28.7 Å². The summed E-state index contributed by atoms with van der Waals surface area (Å²) < 4.78 is 0. The third-order valence-corrected chi connectivity index (χ3v) is 2.15. The molecule has 0 aliphatic heterocycles. The Labute approximate surface area is 92.9 Å². The molecule has 0 nitrogen and oxygen atoms in total. The average Bonchev–Trinajstić information content (AvgIpc) is 1.99. The van der Waals surface area contributed by atoms with Gasteiger partial charge in [-0.1, -0.05) is 23.4 Å². The van der Waals surface area contributed by atoms with Crippen LogP contribution in [0.25, 0.3) is 0 Å². The number of hydrogen-bond acceptors (Lipinski definition) is 0. The molecular weight excluding hydrogens is 279 g/mol. The van der Waals surface area contributed by atoms with E-state index in [9.17, 15) is 0 Å². The zero-order chi connectivity index (χ0) is 10.4. The molecule has 0 spiro atoms. The van der Waals surface area contributed by atoms with Crippen LogP contribution in [0, 0.1) is 13.8 Å². The van der Waals surface area contributed by atoms with Gasteiger partial charge in [0.25, 0.3) is 0 Å². The van der Waals surface area contributed by atoms with Crippen molar-refractivity contribution in [1.29, 1.82) is 0 Å². The van der Waals surface area contributed by atoms with Gasteiger partial charge in [0.15, 0.2) is 0 Å². The number of rotatable bonds is 0. The van der Waals surface area contributed by atoms with Gasteiger partial charge in [-0.25, -0.2) is 0 Å². The van der Waals surface area contributed by atoms with Crippen molar-refractivity contribution in [3.05, 3.63) is 29.3 Å². The summed E-state index contributed by atoms with van der Waals surface area (Å²) in [4.78, 5) is 7.09. The first-order valence-corrected chi connectivity index (χ1v) is 13.6. The van der Waals surface area contributed by atoms with Gasteiger partial charge in [0, 0.05) is 0 Å². The third kappa shape index (κ3) is 6.33. The predicted octanol–water partition coefficient (Wildman–Crippen LogP) is 2.47. The molecule has 0 bridgehead atoms. The van der Waals surface area contributed by atoms with Crippen molar-refractivity contribution < 1.29 is 0 Å². The summed E-state index contributed by atoms with van der Waals surface area (Å²) in [6.07, 6.45) is 0. The van der Waals surface area contributed by atoms with E-state index in [1.54, 1.807) is 0 Å². The van der Waals surface area contributed by atoms with Crippen molar-refractivity contribution in [1.82, 2.24) is 0 Å². The van der Waals surface area contributed by atoms with Crippen molar-refractivity contribution >= 4 is 35.2 Å². The van der Waals surface area contributed by atoms with Crippen LogP contribution in [0.4, 0.5) is 0 Å². The van der Waals surface area contributed by atoms with Crippen LogP contribution < -0.4 is 5.19 Å². The fourth-order valence-electron chi connectivity index (χ4n) is 0.751. The Morgan fingerprint density at radius 3 is 1.85 bits per heavy atom. The first-order valence-electron chi connectivity index (χ1n) is 4.49. The summed E-state index contributed by atoms with van der Waals surface area (Å²) in [7, 11) is 3.49. The van der Waals surface area contributed by atoms with Crippen LogP contribution in [0.3, 0.4) is 0 Å². The number of aryl methyl sites for hydroxylation is 1. The molecule has 0 saturated carbocycles. The monoisotopic (exact) mass is 298 g/mol. The number of benzene rings is 1. The summed E-state index contributed by atoms with van der Waals surface area (Å²) in [5.41, 5.74) is 2.66. The third-order valence-electron chi connectivity index (χ3n) is 1.60. The van der Waals surface area contributed by atoms with E-state index in [0.29, 0.717) is 0 Å². The van der Waals surface area contributed by atoms with Gasteiger partial charge in [-0.15, -0.1) is 0 Å². The predicted molar refractivity (Wildman–Crippen MR) is 64.7 cm³/mol. The van der Waals surface area contributed by atoms with E-state index < -0.39 is 19.8 Å². The number of hydrogen-bond donors (Lipinski definition) is 0. The standard InChI is InChI=1S/C8H9Si.3CH3.Sn/c1-6-4-3-5-8(9)7(6)2;;;;/h3-5H,1-2H3;3*1H3;. The Morgan fingerprint density at radius 2 is 1.54 bits per heavy atom. The van der Waals surface area contributed by atoms with Gasteiger partial charge >= 0.3 is 34.6 Å². The molecular formula is C11H18SiSn. The van der Waals surface area contributed by atoms with E-state index in [1.165, 1.54) is 16.3 Å². The molecule has 0 saturated heterocycles. The second-order valence-corrected chi connectivity index (χ2v) is 12.8. The van der Waals surface area contributed by atoms with Gasteiger partial charge < -0.3 is 0 Å². The molecule has 1 aromatic carbocycles. The Bertz CT molecular complexity index is 233. The molecule has 0 unspecified atom stereocenters. The fourth-order valence-corrected chi connectivity index (χ4v) is 1.04. The average molecular weight is 297 g/mol. The van der Waals surface area contributed by atoms with Crippen LogP contribution in [0.5, 0.6) is 0 Å². The molecule has 0 aliphatic rings. The SMILES string of the molecule is Cc1cccc([Si])c1C.[CH3][Sn]([CH3])[CH3]. The van der Waals surface area contributed by atoms with E-state index in [4.69, 9.17) is 0 Å². The summed E-state index contributed by atoms with van der Waals surface area (Å²) >= 11 is -0.543. The van der Waals surface area contributed by atoms with Gasteiger partial charge in [0.05, 0.1) is 10.2 Å². The van der Waals surface area contributed by atoms with E-state index in [2.05, 4.69) is 51.0 Å². The zero-order valence-corrected chi connectivity index (χ0v) is 13.1. The molecule has 1 aromatic rings. The van der Waals surface area contributed by atoms with Crippen LogP contribution >= 0.6 is 0 Å². The maximum absolute atomic E-state index is 3.49. The summed E-state index contributed by atoms with van der Waals surface area (Å²) in [5.74, 6) is 0. The Balaban J connectivity index is 0.000000310. The molecule has 0 amide bonds. The normalized spacial score (nSPS) is 9.46. The molecule has 0 N–H and O–H groups in total. The molecule has 0 heterocycles. The molecule has 0 atom stereocenters. The molecule has 0 aromatic heterocycles. The molecule has 70 valence electrons. The van der Waals surface area contributed by atoms with Crippen LogP contribution in [-0.2, 0) is 0 Å². The maximum atomic E-state index is 3.49. The second-order valence-electron chi connectivity index (χ2n) is 3.75. The molecule has 0 fully saturated rings. The van der Waals surface area contributed by atoms with Crippen LogP contribution in [0.15, 0.2) is 18.2 Å². The topological polar surface area (TPSA) is 0 Å². The molecule has 13 heavy (non-hydrogen) atoms. The van der Waals surface area contributed by atoms with E-state index in [0.717, 1.165) is 0 Å². The van der Waals surface area contributed by atoms with Gasteiger partial charge in [0.1, 0.15) is 0 Å². The minimum atomic E-state index is -0.543. The second kappa shape index (κ2) is 6.65. The Kier molecular flexibility index (Phi) is 6.77. The zero-order valence-electron chi connectivity index (χ0n) is 9.23. The fraction of sp³-hybridized carbons (Fsp3) is 0.455. The van der Waals surface area contributed by atoms with E-state index >= 15 is 0 Å². The summed E-state index contributed by atoms with van der Waals surface area (Å²) in [5, 5.41) is 1.19. The van der Waals surface area contributed by atoms with Crippen LogP contribution in [0.1, 0.15) is 11.1 Å². The molecule has 4 radical (unpaired) electrons. The van der Waals surface area contributed by atoms with E-state index in [1.807, 2.05) is 6.07 Å². The van der Waals surface area contributed by atoms with Crippen molar-refractivity contribution in [3.8, 4) is 0 Å². The van der Waals surface area contributed by atoms with Crippen molar-refractivity contribution in [3.63, 3.8) is 0 Å². The summed E-state index contributed by atoms with van der Waals surface area (Å²) in [6.45, 7) is 4.22. The Morgan fingerprint density at radius 1 is 1.08 bits per heavy atom. The van der Waals surface area contributed by atoms with Crippen LogP contribution in [-0.4, -0.2) is 30.0 Å². The Hall–Kier alpha value is 0.236. The molecule has 1 rings (SSSR count).